The second-order valence-electron chi connectivity index (χ2n) is 8.44. The number of aliphatic hydroxyl groups excluding tert-OH is 1. The summed E-state index contributed by atoms with van der Waals surface area (Å²) in [7, 11) is 0. The molecule has 4 rings (SSSR count). The van der Waals surface area contributed by atoms with Gasteiger partial charge in [-0.25, -0.2) is 0 Å². The molecule has 0 bridgehead atoms. The number of fused-ring (bicyclic) bond motifs is 1. The van der Waals surface area contributed by atoms with E-state index in [-0.39, 0.29) is 18.1 Å². The zero-order valence-corrected chi connectivity index (χ0v) is 16.2. The van der Waals surface area contributed by atoms with Crippen molar-refractivity contribution in [1.29, 1.82) is 0 Å². The molecule has 27 heavy (non-hydrogen) atoms. The summed E-state index contributed by atoms with van der Waals surface area (Å²) in [6.07, 6.45) is 8.51. The molecule has 5 nitrogen and oxygen atoms in total. The molecule has 1 aliphatic carbocycles. The number of carbonyl (C=O) groups excluding carboxylic acids is 1. The molecular weight excluding hydrogens is 340 g/mol. The molecular formula is C22H32N2O3. The van der Waals surface area contributed by atoms with Crippen LogP contribution >= 0.6 is 0 Å². The van der Waals surface area contributed by atoms with Gasteiger partial charge in [0.15, 0.2) is 0 Å². The predicted octanol–water partition coefficient (Wildman–Crippen LogP) is 2.82. The van der Waals surface area contributed by atoms with Crippen LogP contribution in [0.25, 0.3) is 0 Å². The van der Waals surface area contributed by atoms with Gasteiger partial charge in [-0.05, 0) is 68.0 Å². The van der Waals surface area contributed by atoms with Gasteiger partial charge in [-0.3, -0.25) is 9.69 Å². The molecule has 3 aliphatic rings. The maximum Gasteiger partial charge on any atom is 0.234 e. The van der Waals surface area contributed by atoms with Crippen LogP contribution in [-0.4, -0.2) is 48.3 Å². The number of hydrogen-bond acceptors (Lipinski definition) is 4. The Balaban J connectivity index is 1.42. The molecule has 2 fully saturated rings. The molecule has 0 unspecified atom stereocenters. The van der Waals surface area contributed by atoms with E-state index >= 15 is 0 Å². The van der Waals surface area contributed by atoms with Crippen molar-refractivity contribution in [1.82, 2.24) is 10.2 Å². The Kier molecular flexibility index (Phi) is 5.98. The summed E-state index contributed by atoms with van der Waals surface area (Å²) < 4.78 is 5.62. The van der Waals surface area contributed by atoms with Gasteiger partial charge in [0.05, 0.1) is 25.3 Å². The first kappa shape index (κ1) is 18.8. The van der Waals surface area contributed by atoms with E-state index < -0.39 is 0 Å². The van der Waals surface area contributed by atoms with Crippen molar-refractivity contribution in [3.05, 3.63) is 29.3 Å². The Bertz CT molecular complexity index is 649. The SMILES string of the molecule is O=C(CN1CCCCCCC1)N[C@H](c1ccc2c(c1)CCO2)C1CC(O)C1. The fourth-order valence-electron chi connectivity index (χ4n) is 4.67. The van der Waals surface area contributed by atoms with Gasteiger partial charge < -0.3 is 15.2 Å². The summed E-state index contributed by atoms with van der Waals surface area (Å²) in [5, 5.41) is 13.1. The maximum atomic E-state index is 12.8. The number of likely N-dealkylation sites (tertiary alicyclic amines) is 1. The van der Waals surface area contributed by atoms with Crippen LogP contribution in [0.5, 0.6) is 5.75 Å². The first-order valence-corrected chi connectivity index (χ1v) is 10.6. The lowest BCUT2D eigenvalue weighted by atomic mass is 9.75. The molecule has 0 aromatic heterocycles. The van der Waals surface area contributed by atoms with Crippen LogP contribution in [0, 0.1) is 5.92 Å². The number of amides is 1. The van der Waals surface area contributed by atoms with Gasteiger partial charge in [0.25, 0.3) is 0 Å². The lowest BCUT2D eigenvalue weighted by Crippen LogP contribution is -2.45. The fraction of sp³-hybridized carbons (Fsp3) is 0.682. The minimum absolute atomic E-state index is 0.0124. The lowest BCUT2D eigenvalue weighted by molar-refractivity contribution is -0.124. The third kappa shape index (κ3) is 4.64. The number of carbonyl (C=O) groups is 1. The zero-order valence-electron chi connectivity index (χ0n) is 16.2. The standard InChI is InChI=1S/C22H32N2O3/c25-19-13-18(14-19)22(17-6-7-20-16(12-17)8-11-27-20)23-21(26)15-24-9-4-2-1-3-5-10-24/h6-7,12,18-19,22,25H,1-5,8-11,13-15H2,(H,23,26)/t18?,19?,22-/m1/s1. The minimum atomic E-state index is -0.221. The van der Waals surface area contributed by atoms with E-state index in [1.54, 1.807) is 0 Å². The van der Waals surface area contributed by atoms with Gasteiger partial charge in [-0.1, -0.05) is 25.3 Å². The van der Waals surface area contributed by atoms with Gasteiger partial charge in [-0.2, -0.15) is 0 Å². The van der Waals surface area contributed by atoms with E-state index in [1.165, 1.54) is 37.7 Å². The quantitative estimate of drug-likeness (QED) is 0.834. The molecule has 5 heteroatoms. The summed E-state index contributed by atoms with van der Waals surface area (Å²) >= 11 is 0. The highest BCUT2D eigenvalue weighted by atomic mass is 16.5. The van der Waals surface area contributed by atoms with Crippen LogP contribution in [0.1, 0.15) is 62.1 Å². The Morgan fingerprint density at radius 2 is 1.93 bits per heavy atom. The highest BCUT2D eigenvalue weighted by Gasteiger charge is 2.36. The molecule has 1 aromatic carbocycles. The second-order valence-corrected chi connectivity index (χ2v) is 8.44. The summed E-state index contributed by atoms with van der Waals surface area (Å²) in [5.41, 5.74) is 2.38. The van der Waals surface area contributed by atoms with Crippen molar-refractivity contribution in [3.8, 4) is 5.75 Å². The molecule has 1 atom stereocenters. The van der Waals surface area contributed by atoms with Gasteiger partial charge in [-0.15, -0.1) is 0 Å². The van der Waals surface area contributed by atoms with E-state index in [0.717, 1.165) is 50.3 Å². The third-order valence-corrected chi connectivity index (χ3v) is 6.33. The molecule has 1 amide bonds. The maximum absolute atomic E-state index is 12.8. The molecule has 1 saturated carbocycles. The zero-order chi connectivity index (χ0) is 18.6. The van der Waals surface area contributed by atoms with Crippen molar-refractivity contribution >= 4 is 5.91 Å². The normalized spacial score (nSPS) is 26.9. The van der Waals surface area contributed by atoms with Crippen LogP contribution in [0.4, 0.5) is 0 Å². The van der Waals surface area contributed by atoms with Crippen molar-refractivity contribution in [2.24, 2.45) is 5.92 Å². The topological polar surface area (TPSA) is 61.8 Å². The molecule has 1 saturated heterocycles. The second kappa shape index (κ2) is 8.61. The number of hydrogen-bond donors (Lipinski definition) is 2. The number of aliphatic hydroxyl groups is 1. The van der Waals surface area contributed by atoms with Crippen molar-refractivity contribution in [3.63, 3.8) is 0 Å². The summed E-state index contributed by atoms with van der Waals surface area (Å²) in [6.45, 7) is 3.28. The van der Waals surface area contributed by atoms with Gasteiger partial charge in [0.1, 0.15) is 5.75 Å². The monoisotopic (exact) mass is 372 g/mol. The number of nitrogens with zero attached hydrogens (tertiary/aromatic N) is 1. The Labute approximate surface area is 162 Å². The molecule has 2 heterocycles. The van der Waals surface area contributed by atoms with Gasteiger partial charge in [0.2, 0.25) is 5.91 Å². The minimum Gasteiger partial charge on any atom is -0.493 e. The highest BCUT2D eigenvalue weighted by molar-refractivity contribution is 5.78. The first-order valence-electron chi connectivity index (χ1n) is 10.6. The summed E-state index contributed by atoms with van der Waals surface area (Å²) in [6, 6.07) is 6.29. The van der Waals surface area contributed by atoms with Crippen LogP contribution < -0.4 is 10.1 Å². The average molecular weight is 373 g/mol. The van der Waals surface area contributed by atoms with Crippen LogP contribution in [0.3, 0.4) is 0 Å². The number of ether oxygens (including phenoxy) is 1. The fourth-order valence-corrected chi connectivity index (χ4v) is 4.67. The Morgan fingerprint density at radius 3 is 2.67 bits per heavy atom. The van der Waals surface area contributed by atoms with Gasteiger partial charge >= 0.3 is 0 Å². The average Bonchev–Trinajstić information content (AvgIpc) is 3.07. The first-order chi connectivity index (χ1) is 13.2. The van der Waals surface area contributed by atoms with Gasteiger partial charge in [0, 0.05) is 6.42 Å². The number of benzene rings is 1. The molecule has 148 valence electrons. The molecule has 0 radical (unpaired) electrons. The van der Waals surface area contributed by atoms with E-state index in [4.69, 9.17) is 4.74 Å². The predicted molar refractivity (Wildman–Crippen MR) is 105 cm³/mol. The third-order valence-electron chi connectivity index (χ3n) is 6.33. The summed E-state index contributed by atoms with van der Waals surface area (Å²) in [5.74, 6) is 1.40. The van der Waals surface area contributed by atoms with Crippen molar-refractivity contribution in [2.45, 2.75) is 63.5 Å². The largest absolute Gasteiger partial charge is 0.493 e. The van der Waals surface area contributed by atoms with E-state index in [0.29, 0.717) is 12.5 Å². The van der Waals surface area contributed by atoms with Crippen LogP contribution in [0.15, 0.2) is 18.2 Å². The Morgan fingerprint density at radius 1 is 1.19 bits per heavy atom. The molecule has 1 aromatic rings. The number of rotatable bonds is 5. The number of nitrogens with one attached hydrogen (secondary N) is 1. The van der Waals surface area contributed by atoms with Crippen molar-refractivity contribution in [2.75, 3.05) is 26.2 Å². The molecule has 2 aliphatic heterocycles. The highest BCUT2D eigenvalue weighted by Crippen LogP contribution is 2.39. The lowest BCUT2D eigenvalue weighted by Gasteiger charge is -2.38. The van der Waals surface area contributed by atoms with Crippen molar-refractivity contribution < 1.29 is 14.6 Å². The van der Waals surface area contributed by atoms with Crippen LogP contribution in [0.2, 0.25) is 0 Å². The molecule has 2 N–H and O–H groups in total. The Hall–Kier alpha value is -1.59. The van der Waals surface area contributed by atoms with E-state index in [2.05, 4.69) is 22.3 Å². The molecule has 0 spiro atoms. The summed E-state index contributed by atoms with van der Waals surface area (Å²) in [4.78, 5) is 15.1. The smallest absolute Gasteiger partial charge is 0.234 e. The van der Waals surface area contributed by atoms with Crippen LogP contribution in [-0.2, 0) is 11.2 Å². The van der Waals surface area contributed by atoms with E-state index in [1.807, 2.05) is 6.07 Å². The van der Waals surface area contributed by atoms with E-state index in [9.17, 15) is 9.90 Å².